The standard InChI is InChI=1S/C10H9F2N3OS/c1-4(9(13)16)15-8-6(14-10(15)17)3-2-5(11)7(8)12/h2-4H,1H3,(H2,13,16)(H,14,17). The third-order valence-electron chi connectivity index (χ3n) is 2.57. The number of halogens is 2. The van der Waals surface area contributed by atoms with E-state index in [4.69, 9.17) is 18.0 Å². The number of aromatic amines is 1. The fourth-order valence-electron chi connectivity index (χ4n) is 1.65. The molecule has 0 spiro atoms. The summed E-state index contributed by atoms with van der Waals surface area (Å²) >= 11 is 4.96. The summed E-state index contributed by atoms with van der Waals surface area (Å²) in [6, 6.07) is 1.49. The van der Waals surface area contributed by atoms with Crippen molar-refractivity contribution in [2.75, 3.05) is 0 Å². The van der Waals surface area contributed by atoms with Crippen molar-refractivity contribution in [1.29, 1.82) is 0 Å². The van der Waals surface area contributed by atoms with Crippen LogP contribution in [0.15, 0.2) is 12.1 Å². The molecule has 3 N–H and O–H groups in total. The van der Waals surface area contributed by atoms with Crippen LogP contribution in [0.3, 0.4) is 0 Å². The summed E-state index contributed by atoms with van der Waals surface area (Å²) in [4.78, 5) is 13.8. The third kappa shape index (κ3) is 1.72. The lowest BCUT2D eigenvalue weighted by molar-refractivity contribution is -0.120. The number of carbonyl (C=O) groups is 1. The topological polar surface area (TPSA) is 63.8 Å². The summed E-state index contributed by atoms with van der Waals surface area (Å²) in [7, 11) is 0. The van der Waals surface area contributed by atoms with Gasteiger partial charge in [0.15, 0.2) is 16.4 Å². The Labute approximate surface area is 100 Å². The first-order valence-corrected chi connectivity index (χ1v) is 5.22. The van der Waals surface area contributed by atoms with E-state index >= 15 is 0 Å². The van der Waals surface area contributed by atoms with Gasteiger partial charge in [0.2, 0.25) is 5.91 Å². The predicted molar refractivity (Wildman–Crippen MR) is 60.9 cm³/mol. The highest BCUT2D eigenvalue weighted by atomic mass is 32.1. The van der Waals surface area contributed by atoms with Crippen LogP contribution >= 0.6 is 12.2 Å². The van der Waals surface area contributed by atoms with Gasteiger partial charge in [-0.2, -0.15) is 0 Å². The summed E-state index contributed by atoms with van der Waals surface area (Å²) in [6.07, 6.45) is 0. The Balaban J connectivity index is 2.87. The molecule has 0 bridgehead atoms. The van der Waals surface area contributed by atoms with E-state index in [9.17, 15) is 13.6 Å². The van der Waals surface area contributed by atoms with E-state index in [1.807, 2.05) is 0 Å². The van der Waals surface area contributed by atoms with Crippen LogP contribution in [0.1, 0.15) is 13.0 Å². The van der Waals surface area contributed by atoms with Crippen LogP contribution in [0.2, 0.25) is 0 Å². The first-order chi connectivity index (χ1) is 7.93. The zero-order chi connectivity index (χ0) is 12.7. The van der Waals surface area contributed by atoms with Crippen molar-refractivity contribution < 1.29 is 13.6 Å². The lowest BCUT2D eigenvalue weighted by Gasteiger charge is -2.10. The molecule has 0 aliphatic heterocycles. The summed E-state index contributed by atoms with van der Waals surface area (Å²) in [5.74, 6) is -2.73. The largest absolute Gasteiger partial charge is 0.368 e. The molecule has 7 heteroatoms. The van der Waals surface area contributed by atoms with Crippen molar-refractivity contribution in [2.24, 2.45) is 5.73 Å². The number of nitrogens with zero attached hydrogens (tertiary/aromatic N) is 1. The summed E-state index contributed by atoms with van der Waals surface area (Å²) in [5.41, 5.74) is 5.38. The molecule has 0 radical (unpaired) electrons. The van der Waals surface area contributed by atoms with Crippen molar-refractivity contribution >= 4 is 29.2 Å². The fraction of sp³-hybridized carbons (Fsp3) is 0.200. The third-order valence-corrected chi connectivity index (χ3v) is 2.87. The Hall–Kier alpha value is -1.76. The molecule has 90 valence electrons. The first kappa shape index (κ1) is 11.7. The minimum atomic E-state index is -1.05. The molecule has 1 aromatic carbocycles. The van der Waals surface area contributed by atoms with Crippen LogP contribution in [-0.2, 0) is 4.79 Å². The van der Waals surface area contributed by atoms with Crippen LogP contribution in [0.25, 0.3) is 11.0 Å². The minimum Gasteiger partial charge on any atom is -0.368 e. The molecule has 1 atom stereocenters. The van der Waals surface area contributed by atoms with Gasteiger partial charge in [0.25, 0.3) is 0 Å². The Kier molecular flexibility index (Phi) is 2.70. The molecule has 0 saturated carbocycles. The number of benzene rings is 1. The Bertz CT molecular complexity index is 661. The van der Waals surface area contributed by atoms with Gasteiger partial charge in [0.1, 0.15) is 11.6 Å². The molecule has 0 fully saturated rings. The molecular weight excluding hydrogens is 248 g/mol. The van der Waals surface area contributed by atoms with Gasteiger partial charge in [0.05, 0.1) is 5.52 Å². The Morgan fingerprint density at radius 2 is 2.18 bits per heavy atom. The smallest absolute Gasteiger partial charge is 0.240 e. The lowest BCUT2D eigenvalue weighted by atomic mass is 10.2. The molecule has 2 aromatic rings. The number of hydrogen-bond donors (Lipinski definition) is 2. The van der Waals surface area contributed by atoms with E-state index < -0.39 is 23.6 Å². The number of primary amides is 1. The number of carbonyl (C=O) groups excluding carboxylic acids is 1. The molecule has 1 unspecified atom stereocenters. The highest BCUT2D eigenvalue weighted by molar-refractivity contribution is 7.71. The average Bonchev–Trinajstić information content (AvgIpc) is 2.60. The van der Waals surface area contributed by atoms with E-state index in [2.05, 4.69) is 4.98 Å². The van der Waals surface area contributed by atoms with Crippen molar-refractivity contribution in [3.63, 3.8) is 0 Å². The normalized spacial score (nSPS) is 12.9. The van der Waals surface area contributed by atoms with Crippen molar-refractivity contribution in [2.45, 2.75) is 13.0 Å². The van der Waals surface area contributed by atoms with Crippen LogP contribution in [0.4, 0.5) is 8.78 Å². The van der Waals surface area contributed by atoms with Crippen LogP contribution in [-0.4, -0.2) is 15.5 Å². The van der Waals surface area contributed by atoms with Gasteiger partial charge in [-0.3, -0.25) is 4.79 Å². The molecule has 2 rings (SSSR count). The quantitative estimate of drug-likeness (QED) is 0.808. The van der Waals surface area contributed by atoms with Crippen molar-refractivity contribution in [1.82, 2.24) is 9.55 Å². The summed E-state index contributed by atoms with van der Waals surface area (Å²) in [5, 5.41) is 0. The van der Waals surface area contributed by atoms with Gasteiger partial charge in [0, 0.05) is 0 Å². The van der Waals surface area contributed by atoms with Crippen LogP contribution < -0.4 is 5.73 Å². The number of rotatable bonds is 2. The first-order valence-electron chi connectivity index (χ1n) is 4.81. The second kappa shape index (κ2) is 3.92. The van der Waals surface area contributed by atoms with E-state index in [1.165, 1.54) is 17.6 Å². The fourth-order valence-corrected chi connectivity index (χ4v) is 2.01. The number of amides is 1. The molecule has 1 amide bonds. The zero-order valence-corrected chi connectivity index (χ0v) is 9.65. The summed E-state index contributed by atoms with van der Waals surface area (Å²) in [6.45, 7) is 1.47. The number of nitrogens with two attached hydrogens (primary N) is 1. The number of imidazole rings is 1. The van der Waals surface area contributed by atoms with Crippen LogP contribution in [0.5, 0.6) is 0 Å². The molecule has 0 saturated heterocycles. The van der Waals surface area contributed by atoms with Gasteiger partial charge < -0.3 is 15.3 Å². The molecular formula is C10H9F2N3OS. The average molecular weight is 257 g/mol. The number of nitrogens with one attached hydrogen (secondary N) is 1. The predicted octanol–water partition coefficient (Wildman–Crippen LogP) is 2.02. The van der Waals surface area contributed by atoms with Crippen LogP contribution in [0, 0.1) is 16.4 Å². The van der Waals surface area contributed by atoms with Gasteiger partial charge in [-0.05, 0) is 31.3 Å². The highest BCUT2D eigenvalue weighted by Gasteiger charge is 2.20. The maximum absolute atomic E-state index is 13.7. The van der Waals surface area contributed by atoms with Gasteiger partial charge in [-0.15, -0.1) is 0 Å². The number of aromatic nitrogens is 2. The second-order valence-electron chi connectivity index (χ2n) is 3.64. The Morgan fingerprint density at radius 3 is 2.76 bits per heavy atom. The SMILES string of the molecule is CC(C(N)=O)n1c(=S)[nH]c2ccc(F)c(F)c21. The Morgan fingerprint density at radius 1 is 1.53 bits per heavy atom. The van der Waals surface area contributed by atoms with E-state index in [0.29, 0.717) is 5.52 Å². The molecule has 1 heterocycles. The molecule has 17 heavy (non-hydrogen) atoms. The van der Waals surface area contributed by atoms with E-state index in [0.717, 1.165) is 6.07 Å². The summed E-state index contributed by atoms with van der Waals surface area (Å²) < 4.78 is 28.1. The maximum atomic E-state index is 13.7. The maximum Gasteiger partial charge on any atom is 0.240 e. The second-order valence-corrected chi connectivity index (χ2v) is 4.02. The van der Waals surface area contributed by atoms with E-state index in [1.54, 1.807) is 0 Å². The number of hydrogen-bond acceptors (Lipinski definition) is 2. The monoisotopic (exact) mass is 257 g/mol. The number of fused-ring (bicyclic) bond motifs is 1. The lowest BCUT2D eigenvalue weighted by Crippen LogP contribution is -2.24. The molecule has 0 aliphatic carbocycles. The van der Waals surface area contributed by atoms with Crippen molar-refractivity contribution in [3.05, 3.63) is 28.5 Å². The molecule has 4 nitrogen and oxygen atoms in total. The minimum absolute atomic E-state index is 0.0821. The van der Waals surface area contributed by atoms with Gasteiger partial charge >= 0.3 is 0 Å². The van der Waals surface area contributed by atoms with E-state index in [-0.39, 0.29) is 10.3 Å². The molecule has 1 aromatic heterocycles. The highest BCUT2D eigenvalue weighted by Crippen LogP contribution is 2.23. The van der Waals surface area contributed by atoms with Gasteiger partial charge in [-0.25, -0.2) is 8.78 Å². The van der Waals surface area contributed by atoms with Crippen molar-refractivity contribution in [3.8, 4) is 0 Å². The molecule has 0 aliphatic rings. The van der Waals surface area contributed by atoms with Gasteiger partial charge in [-0.1, -0.05) is 0 Å². The number of H-pyrrole nitrogens is 1. The zero-order valence-electron chi connectivity index (χ0n) is 8.83.